The summed E-state index contributed by atoms with van der Waals surface area (Å²) < 4.78 is 10.1. The van der Waals surface area contributed by atoms with Crippen LogP contribution in [0, 0.1) is 6.92 Å². The number of esters is 2. The van der Waals surface area contributed by atoms with Gasteiger partial charge in [-0.15, -0.1) is 0 Å². The fraction of sp³-hybridized carbons (Fsp3) is 0.222. The number of H-pyrrole nitrogens is 1. The average molecular weight is 374 g/mol. The van der Waals surface area contributed by atoms with E-state index in [1.807, 2.05) is 13.0 Å². The Hall–Kier alpha value is -2.93. The lowest BCUT2D eigenvalue weighted by molar-refractivity contribution is -0.150. The number of carbonyl (C=O) groups is 2. The quantitative estimate of drug-likeness (QED) is 0.691. The molecule has 8 heteroatoms. The van der Waals surface area contributed by atoms with E-state index in [2.05, 4.69) is 15.4 Å². The van der Waals surface area contributed by atoms with Crippen LogP contribution in [0.4, 0.5) is 0 Å². The highest BCUT2D eigenvalue weighted by molar-refractivity contribution is 6.30. The molecule has 1 N–H and O–H groups in total. The Morgan fingerprint density at radius 2 is 1.92 bits per heavy atom. The smallest absolute Gasteiger partial charge is 0.347 e. The van der Waals surface area contributed by atoms with E-state index in [1.165, 1.54) is 19.2 Å². The molecule has 0 radical (unpaired) electrons. The fourth-order valence-corrected chi connectivity index (χ4v) is 2.74. The van der Waals surface area contributed by atoms with E-state index >= 15 is 0 Å². The Morgan fingerprint density at radius 3 is 2.62 bits per heavy atom. The second-order valence-corrected chi connectivity index (χ2v) is 6.17. The van der Waals surface area contributed by atoms with Crippen LogP contribution in [0.15, 0.2) is 36.4 Å². The van der Waals surface area contributed by atoms with E-state index in [0.29, 0.717) is 16.1 Å². The number of fused-ring (bicyclic) bond motifs is 1. The zero-order valence-electron chi connectivity index (χ0n) is 14.2. The number of hydrogen-bond donors (Lipinski definition) is 1. The zero-order valence-corrected chi connectivity index (χ0v) is 14.9. The number of aryl methyl sites for hydroxylation is 1. The lowest BCUT2D eigenvalue weighted by Crippen LogP contribution is -2.30. The molecule has 0 unspecified atom stereocenters. The van der Waals surface area contributed by atoms with Crippen LogP contribution in [-0.4, -0.2) is 40.6 Å². The van der Waals surface area contributed by atoms with Gasteiger partial charge < -0.3 is 9.47 Å². The molecule has 3 rings (SSSR count). The van der Waals surface area contributed by atoms with Crippen LogP contribution in [0.3, 0.4) is 0 Å². The summed E-state index contributed by atoms with van der Waals surface area (Å²) in [6.45, 7) is 1.89. The van der Waals surface area contributed by atoms with Gasteiger partial charge in [-0.05, 0) is 48.4 Å². The molecule has 0 bridgehead atoms. The first kappa shape index (κ1) is 17.9. The number of carbonyl (C=O) groups excluding carboxylic acids is 2. The highest BCUT2D eigenvalue weighted by Gasteiger charge is 2.25. The summed E-state index contributed by atoms with van der Waals surface area (Å²) >= 11 is 5.82. The third-order valence-electron chi connectivity index (χ3n) is 3.89. The van der Waals surface area contributed by atoms with Crippen molar-refractivity contribution < 1.29 is 19.1 Å². The minimum atomic E-state index is -1.08. The number of hydrogen-bond acceptors (Lipinski definition) is 6. The van der Waals surface area contributed by atoms with E-state index in [-0.39, 0.29) is 6.42 Å². The van der Waals surface area contributed by atoms with E-state index in [0.717, 1.165) is 16.6 Å². The van der Waals surface area contributed by atoms with Gasteiger partial charge in [0.15, 0.2) is 0 Å². The second kappa shape index (κ2) is 7.53. The van der Waals surface area contributed by atoms with E-state index in [1.54, 1.807) is 18.2 Å². The number of methoxy groups -OCH3 is 1. The van der Waals surface area contributed by atoms with Crippen molar-refractivity contribution in [2.75, 3.05) is 7.11 Å². The Kier molecular flexibility index (Phi) is 5.18. The van der Waals surface area contributed by atoms with Crippen molar-refractivity contribution >= 4 is 34.6 Å². The minimum Gasteiger partial charge on any atom is -0.466 e. The van der Waals surface area contributed by atoms with Crippen LogP contribution in [0.1, 0.15) is 21.5 Å². The number of aromatic nitrogens is 3. The molecule has 0 aliphatic heterocycles. The van der Waals surface area contributed by atoms with Gasteiger partial charge in [0.05, 0.1) is 12.7 Å². The summed E-state index contributed by atoms with van der Waals surface area (Å²) in [5.41, 5.74) is 3.41. The first-order valence-electron chi connectivity index (χ1n) is 7.82. The first-order chi connectivity index (χ1) is 12.5. The fourth-order valence-electron chi connectivity index (χ4n) is 2.61. The van der Waals surface area contributed by atoms with Gasteiger partial charge in [0.2, 0.25) is 6.10 Å². The van der Waals surface area contributed by atoms with Crippen LogP contribution in [0.25, 0.3) is 11.0 Å². The molecule has 2 aromatic carbocycles. The molecule has 0 aliphatic carbocycles. The van der Waals surface area contributed by atoms with Crippen molar-refractivity contribution in [1.29, 1.82) is 0 Å². The van der Waals surface area contributed by atoms with Crippen molar-refractivity contribution in [2.45, 2.75) is 19.4 Å². The molecular formula is C18H16ClN3O4. The molecule has 26 heavy (non-hydrogen) atoms. The Balaban J connectivity index is 1.82. The molecule has 0 fully saturated rings. The second-order valence-electron chi connectivity index (χ2n) is 5.73. The average Bonchev–Trinajstić information content (AvgIpc) is 3.10. The Labute approximate surface area is 154 Å². The van der Waals surface area contributed by atoms with Crippen molar-refractivity contribution in [3.05, 3.63) is 58.1 Å². The van der Waals surface area contributed by atoms with Gasteiger partial charge in [0.25, 0.3) is 0 Å². The summed E-state index contributed by atoms with van der Waals surface area (Å²) in [5.74, 6) is -1.26. The Morgan fingerprint density at radius 1 is 1.19 bits per heavy atom. The molecule has 1 atom stereocenters. The van der Waals surface area contributed by atoms with Crippen molar-refractivity contribution in [3.8, 4) is 0 Å². The standard InChI is InChI=1S/C18H16ClN3O4/c1-10-7-11(8-14-16(10)21-22-20-14)9-15(18(24)25-2)26-17(23)12-3-5-13(19)6-4-12/h3-8,15H,9H2,1-2H3,(H,20,21,22)/t15-/m1/s1. The van der Waals surface area contributed by atoms with Gasteiger partial charge in [-0.1, -0.05) is 17.7 Å². The van der Waals surface area contributed by atoms with Crippen molar-refractivity contribution in [2.24, 2.45) is 0 Å². The number of ether oxygens (including phenoxy) is 2. The monoisotopic (exact) mass is 373 g/mol. The van der Waals surface area contributed by atoms with E-state index in [4.69, 9.17) is 21.1 Å². The highest BCUT2D eigenvalue weighted by Crippen LogP contribution is 2.19. The van der Waals surface area contributed by atoms with E-state index in [9.17, 15) is 9.59 Å². The normalized spacial score (nSPS) is 12.0. The summed E-state index contributed by atoms with van der Waals surface area (Å²) in [6, 6.07) is 9.88. The number of nitrogens with zero attached hydrogens (tertiary/aromatic N) is 2. The van der Waals surface area contributed by atoms with Gasteiger partial charge in [-0.2, -0.15) is 15.4 Å². The third kappa shape index (κ3) is 3.83. The lowest BCUT2D eigenvalue weighted by atomic mass is 10.0. The number of aromatic amines is 1. The summed E-state index contributed by atoms with van der Waals surface area (Å²) in [5, 5.41) is 11.2. The maximum atomic E-state index is 12.3. The maximum Gasteiger partial charge on any atom is 0.347 e. The molecule has 0 spiro atoms. The maximum absolute atomic E-state index is 12.3. The molecule has 1 heterocycles. The van der Waals surface area contributed by atoms with E-state index < -0.39 is 18.0 Å². The zero-order chi connectivity index (χ0) is 18.7. The predicted octanol–water partition coefficient (Wildman–Crippen LogP) is 2.86. The van der Waals surface area contributed by atoms with Gasteiger partial charge >= 0.3 is 11.9 Å². The van der Waals surface area contributed by atoms with Gasteiger partial charge in [-0.3, -0.25) is 0 Å². The number of benzene rings is 2. The molecule has 7 nitrogen and oxygen atoms in total. The van der Waals surface area contributed by atoms with Crippen molar-refractivity contribution in [3.63, 3.8) is 0 Å². The van der Waals surface area contributed by atoms with Crippen LogP contribution >= 0.6 is 11.6 Å². The molecular weight excluding hydrogens is 358 g/mol. The number of nitrogens with one attached hydrogen (secondary N) is 1. The lowest BCUT2D eigenvalue weighted by Gasteiger charge is -2.16. The largest absolute Gasteiger partial charge is 0.466 e. The van der Waals surface area contributed by atoms with Crippen LogP contribution in [0.5, 0.6) is 0 Å². The molecule has 0 amide bonds. The van der Waals surface area contributed by atoms with Crippen LogP contribution < -0.4 is 0 Å². The van der Waals surface area contributed by atoms with Crippen LogP contribution in [-0.2, 0) is 20.7 Å². The van der Waals surface area contributed by atoms with Crippen molar-refractivity contribution in [1.82, 2.24) is 15.4 Å². The summed E-state index contributed by atoms with van der Waals surface area (Å²) in [6.07, 6.45) is -0.915. The SMILES string of the molecule is COC(=O)[C@@H](Cc1cc(C)c2n[nH]nc2c1)OC(=O)c1ccc(Cl)cc1. The Bertz CT molecular complexity index is 953. The molecule has 0 aliphatic rings. The predicted molar refractivity (Wildman–Crippen MR) is 95.0 cm³/mol. The summed E-state index contributed by atoms with van der Waals surface area (Å²) in [4.78, 5) is 24.4. The van der Waals surface area contributed by atoms with Gasteiger partial charge in [-0.25, -0.2) is 9.59 Å². The summed E-state index contributed by atoms with van der Waals surface area (Å²) in [7, 11) is 1.25. The first-order valence-corrected chi connectivity index (χ1v) is 8.20. The molecule has 0 saturated heterocycles. The highest BCUT2D eigenvalue weighted by atomic mass is 35.5. The number of halogens is 1. The van der Waals surface area contributed by atoms with Gasteiger partial charge in [0.1, 0.15) is 11.0 Å². The third-order valence-corrected chi connectivity index (χ3v) is 4.14. The molecule has 134 valence electrons. The number of rotatable bonds is 5. The molecule has 0 saturated carbocycles. The van der Waals surface area contributed by atoms with Crippen LogP contribution in [0.2, 0.25) is 5.02 Å². The molecule has 1 aromatic heterocycles. The minimum absolute atomic E-state index is 0.162. The van der Waals surface area contributed by atoms with Gasteiger partial charge in [0, 0.05) is 11.4 Å². The topological polar surface area (TPSA) is 94.2 Å². The molecule has 3 aromatic rings.